The van der Waals surface area contributed by atoms with Crippen LogP contribution in [0.25, 0.3) is 0 Å². The van der Waals surface area contributed by atoms with Gasteiger partial charge in [0.2, 0.25) is 0 Å². The summed E-state index contributed by atoms with van der Waals surface area (Å²) in [4.78, 5) is 1.80. The lowest BCUT2D eigenvalue weighted by molar-refractivity contribution is 0.494. The summed E-state index contributed by atoms with van der Waals surface area (Å²) in [7, 11) is 0. The van der Waals surface area contributed by atoms with Gasteiger partial charge < -0.3 is 5.32 Å². The molecule has 0 aliphatic heterocycles. The maximum Gasteiger partial charge on any atom is 0.134 e. The van der Waals surface area contributed by atoms with Gasteiger partial charge in [-0.3, -0.25) is 0 Å². The third-order valence-electron chi connectivity index (χ3n) is 2.90. The highest BCUT2D eigenvalue weighted by Gasteiger charge is 2.24. The Morgan fingerprint density at radius 3 is 2.25 bits per heavy atom. The molecule has 1 unspecified atom stereocenters. The second-order valence-corrected chi connectivity index (χ2v) is 6.47. The summed E-state index contributed by atoms with van der Waals surface area (Å²) in [6.07, 6.45) is 0. The SMILES string of the molecule is CCNC(c1cc(Br)c(C)s1)c1c(F)cc(F)cc1F. The molecule has 0 saturated carbocycles. The van der Waals surface area contributed by atoms with Gasteiger partial charge in [0.05, 0.1) is 6.04 Å². The van der Waals surface area contributed by atoms with Crippen molar-refractivity contribution in [2.75, 3.05) is 6.54 Å². The summed E-state index contributed by atoms with van der Waals surface area (Å²) in [5, 5.41) is 3.04. The standard InChI is InChI=1S/C14H13BrF3NS/c1-3-19-14(12-6-9(15)7(2)20-12)13-10(17)4-8(16)5-11(13)18/h4-6,14,19H,3H2,1-2H3. The first kappa shape index (κ1) is 15.5. The van der Waals surface area contributed by atoms with Gasteiger partial charge in [-0.2, -0.15) is 0 Å². The molecule has 1 aromatic carbocycles. The number of nitrogens with one attached hydrogen (secondary N) is 1. The number of hydrogen-bond acceptors (Lipinski definition) is 2. The van der Waals surface area contributed by atoms with E-state index < -0.39 is 23.5 Å². The fourth-order valence-corrected chi connectivity index (χ4v) is 3.65. The Labute approximate surface area is 128 Å². The van der Waals surface area contributed by atoms with Crippen molar-refractivity contribution in [3.8, 4) is 0 Å². The predicted octanol–water partition coefficient (Wildman–Crippen LogP) is 4.94. The second-order valence-electron chi connectivity index (χ2n) is 4.33. The van der Waals surface area contributed by atoms with E-state index in [9.17, 15) is 13.2 Å². The zero-order valence-corrected chi connectivity index (χ0v) is 13.3. The summed E-state index contributed by atoms with van der Waals surface area (Å²) in [6.45, 7) is 4.30. The van der Waals surface area contributed by atoms with Crippen molar-refractivity contribution in [2.24, 2.45) is 0 Å². The monoisotopic (exact) mass is 363 g/mol. The number of hydrogen-bond donors (Lipinski definition) is 1. The largest absolute Gasteiger partial charge is 0.306 e. The van der Waals surface area contributed by atoms with E-state index in [2.05, 4.69) is 21.2 Å². The van der Waals surface area contributed by atoms with Crippen LogP contribution >= 0.6 is 27.3 Å². The molecule has 0 aliphatic carbocycles. The summed E-state index contributed by atoms with van der Waals surface area (Å²) in [5.74, 6) is -2.67. The van der Waals surface area contributed by atoms with Gasteiger partial charge in [-0.25, -0.2) is 13.2 Å². The molecule has 1 N–H and O–H groups in total. The zero-order chi connectivity index (χ0) is 14.9. The van der Waals surface area contributed by atoms with Gasteiger partial charge in [0, 0.05) is 31.9 Å². The van der Waals surface area contributed by atoms with Crippen molar-refractivity contribution in [1.82, 2.24) is 5.32 Å². The molecule has 2 aromatic rings. The maximum atomic E-state index is 14.0. The fourth-order valence-electron chi connectivity index (χ4n) is 2.00. The number of rotatable bonds is 4. The van der Waals surface area contributed by atoms with Crippen LogP contribution in [0, 0.1) is 24.4 Å². The lowest BCUT2D eigenvalue weighted by Gasteiger charge is -2.18. The Hall–Kier alpha value is -0.850. The summed E-state index contributed by atoms with van der Waals surface area (Å²) >= 11 is 4.83. The minimum Gasteiger partial charge on any atom is -0.306 e. The molecule has 1 nitrogen and oxygen atoms in total. The molecular formula is C14H13BrF3NS. The fraction of sp³-hybridized carbons (Fsp3) is 0.286. The first-order valence-corrected chi connectivity index (χ1v) is 7.68. The quantitative estimate of drug-likeness (QED) is 0.811. The third-order valence-corrected chi connectivity index (χ3v) is 5.10. The normalized spacial score (nSPS) is 12.7. The van der Waals surface area contributed by atoms with Gasteiger partial charge in [0.15, 0.2) is 0 Å². The molecule has 0 bridgehead atoms. The molecule has 1 atom stereocenters. The molecule has 0 spiro atoms. The first-order valence-electron chi connectivity index (χ1n) is 6.07. The molecule has 1 aromatic heterocycles. The van der Waals surface area contributed by atoms with Crippen LogP contribution in [-0.2, 0) is 0 Å². The Morgan fingerprint density at radius 2 is 1.80 bits per heavy atom. The Kier molecular flexibility index (Phi) is 4.88. The number of thiophene rings is 1. The van der Waals surface area contributed by atoms with Crippen LogP contribution in [0.5, 0.6) is 0 Å². The Morgan fingerprint density at radius 1 is 1.20 bits per heavy atom. The molecule has 108 valence electrons. The Balaban J connectivity index is 2.54. The van der Waals surface area contributed by atoms with Gasteiger partial charge >= 0.3 is 0 Å². The van der Waals surface area contributed by atoms with Crippen LogP contribution < -0.4 is 5.32 Å². The molecule has 0 aliphatic rings. The van der Waals surface area contributed by atoms with Crippen molar-refractivity contribution < 1.29 is 13.2 Å². The van der Waals surface area contributed by atoms with E-state index in [1.165, 1.54) is 11.3 Å². The average Bonchev–Trinajstić information content (AvgIpc) is 2.67. The molecular weight excluding hydrogens is 351 g/mol. The molecule has 0 fully saturated rings. The van der Waals surface area contributed by atoms with Crippen LogP contribution in [0.4, 0.5) is 13.2 Å². The van der Waals surface area contributed by atoms with E-state index in [0.29, 0.717) is 18.7 Å². The van der Waals surface area contributed by atoms with E-state index in [0.717, 1.165) is 14.2 Å². The highest BCUT2D eigenvalue weighted by molar-refractivity contribution is 9.10. The number of halogens is 4. The maximum absolute atomic E-state index is 14.0. The van der Waals surface area contributed by atoms with Crippen molar-refractivity contribution in [3.63, 3.8) is 0 Å². The highest BCUT2D eigenvalue weighted by Crippen LogP contribution is 2.35. The van der Waals surface area contributed by atoms with Gasteiger partial charge in [0.1, 0.15) is 17.5 Å². The third kappa shape index (κ3) is 3.07. The van der Waals surface area contributed by atoms with E-state index in [4.69, 9.17) is 0 Å². The summed E-state index contributed by atoms with van der Waals surface area (Å²) in [5.41, 5.74) is -0.151. The van der Waals surface area contributed by atoms with Crippen LogP contribution in [0.1, 0.15) is 28.3 Å². The van der Waals surface area contributed by atoms with Gasteiger partial charge in [-0.1, -0.05) is 6.92 Å². The predicted molar refractivity (Wildman–Crippen MR) is 78.6 cm³/mol. The zero-order valence-electron chi connectivity index (χ0n) is 10.9. The van der Waals surface area contributed by atoms with Crippen LogP contribution in [0.15, 0.2) is 22.7 Å². The first-order chi connectivity index (χ1) is 9.43. The minimum atomic E-state index is -0.914. The van der Waals surface area contributed by atoms with Crippen molar-refractivity contribution in [3.05, 3.63) is 55.4 Å². The van der Waals surface area contributed by atoms with Crippen molar-refractivity contribution >= 4 is 27.3 Å². The lowest BCUT2D eigenvalue weighted by atomic mass is 10.0. The summed E-state index contributed by atoms with van der Waals surface area (Å²) < 4.78 is 41.8. The highest BCUT2D eigenvalue weighted by atomic mass is 79.9. The van der Waals surface area contributed by atoms with Gasteiger partial charge in [-0.15, -0.1) is 11.3 Å². The smallest absolute Gasteiger partial charge is 0.134 e. The average molecular weight is 364 g/mol. The van der Waals surface area contributed by atoms with Crippen LogP contribution in [-0.4, -0.2) is 6.54 Å². The van der Waals surface area contributed by atoms with Crippen molar-refractivity contribution in [1.29, 1.82) is 0 Å². The molecule has 6 heteroatoms. The molecule has 0 saturated heterocycles. The Bertz CT molecular complexity index is 584. The molecule has 2 rings (SSSR count). The van der Waals surface area contributed by atoms with Crippen LogP contribution in [0.3, 0.4) is 0 Å². The lowest BCUT2D eigenvalue weighted by Crippen LogP contribution is -2.23. The van der Waals surface area contributed by atoms with E-state index in [-0.39, 0.29) is 5.56 Å². The van der Waals surface area contributed by atoms with Crippen molar-refractivity contribution in [2.45, 2.75) is 19.9 Å². The van der Waals surface area contributed by atoms with E-state index in [1.807, 2.05) is 19.9 Å². The summed E-state index contributed by atoms with van der Waals surface area (Å²) in [6, 6.07) is 2.61. The van der Waals surface area contributed by atoms with E-state index >= 15 is 0 Å². The second kappa shape index (κ2) is 6.28. The van der Waals surface area contributed by atoms with E-state index in [1.54, 1.807) is 0 Å². The van der Waals surface area contributed by atoms with Gasteiger partial charge in [0.25, 0.3) is 0 Å². The topological polar surface area (TPSA) is 12.0 Å². The molecule has 20 heavy (non-hydrogen) atoms. The number of aryl methyl sites for hydroxylation is 1. The van der Waals surface area contributed by atoms with Crippen LogP contribution in [0.2, 0.25) is 0 Å². The minimum absolute atomic E-state index is 0.151. The molecule has 0 amide bonds. The van der Waals surface area contributed by atoms with Gasteiger partial charge in [-0.05, 0) is 35.5 Å². The molecule has 1 heterocycles. The number of benzene rings is 1. The molecule has 0 radical (unpaired) electrons.